The molecule has 1 aliphatic rings. The van der Waals surface area contributed by atoms with Crippen LogP contribution >= 0.6 is 11.5 Å². The van der Waals surface area contributed by atoms with Gasteiger partial charge < -0.3 is 5.32 Å². The van der Waals surface area contributed by atoms with E-state index in [0.717, 1.165) is 41.8 Å². The van der Waals surface area contributed by atoms with Gasteiger partial charge in [-0.25, -0.2) is 4.39 Å². The van der Waals surface area contributed by atoms with E-state index < -0.39 is 5.41 Å². The summed E-state index contributed by atoms with van der Waals surface area (Å²) in [7, 11) is 0. The molecule has 2 aromatic carbocycles. The first-order valence-corrected chi connectivity index (χ1v) is 8.96. The van der Waals surface area contributed by atoms with E-state index >= 15 is 0 Å². The van der Waals surface area contributed by atoms with E-state index in [1.54, 1.807) is 12.1 Å². The molecule has 1 aromatic heterocycles. The number of nitrogens with zero attached hydrogens (tertiary/aromatic N) is 2. The fourth-order valence-corrected chi connectivity index (χ4v) is 3.68. The van der Waals surface area contributed by atoms with Crippen LogP contribution < -0.4 is 5.32 Å². The van der Waals surface area contributed by atoms with E-state index in [0.29, 0.717) is 0 Å². The van der Waals surface area contributed by atoms with Gasteiger partial charge in [-0.15, -0.1) is 5.10 Å². The second kappa shape index (κ2) is 6.37. The molecule has 0 spiro atoms. The van der Waals surface area contributed by atoms with E-state index in [-0.39, 0.29) is 11.7 Å². The molecular weight excluding hydrogens is 337 g/mol. The van der Waals surface area contributed by atoms with Gasteiger partial charge in [0.15, 0.2) is 0 Å². The van der Waals surface area contributed by atoms with Crippen molar-refractivity contribution in [2.75, 3.05) is 5.32 Å². The molecular formula is C19H16FN3OS. The minimum atomic E-state index is -0.550. The van der Waals surface area contributed by atoms with Gasteiger partial charge in [0, 0.05) is 16.6 Å². The maximum absolute atomic E-state index is 13.2. The third kappa shape index (κ3) is 2.93. The number of nitrogens with one attached hydrogen (secondary N) is 1. The van der Waals surface area contributed by atoms with E-state index in [9.17, 15) is 9.18 Å². The normalized spacial score (nSPS) is 15.4. The van der Waals surface area contributed by atoms with Gasteiger partial charge in [-0.2, -0.15) is 0 Å². The maximum Gasteiger partial charge on any atom is 0.235 e. The highest BCUT2D eigenvalue weighted by atomic mass is 32.1. The number of carbonyl (C=O) groups is 1. The SMILES string of the molecule is O=C(Nc1ccc(-c2csnn2)cc1)C1(c2ccc(F)cc2)CCC1. The number of amides is 1. The molecule has 25 heavy (non-hydrogen) atoms. The molecule has 4 nitrogen and oxygen atoms in total. The lowest BCUT2D eigenvalue weighted by atomic mass is 9.64. The topological polar surface area (TPSA) is 54.9 Å². The molecule has 0 radical (unpaired) electrons. The van der Waals surface area contributed by atoms with Crippen molar-refractivity contribution < 1.29 is 9.18 Å². The van der Waals surface area contributed by atoms with Crippen LogP contribution in [-0.2, 0) is 10.2 Å². The van der Waals surface area contributed by atoms with Crippen molar-refractivity contribution in [2.24, 2.45) is 0 Å². The van der Waals surface area contributed by atoms with Crippen LogP contribution in [0.5, 0.6) is 0 Å². The number of rotatable bonds is 4. The maximum atomic E-state index is 13.2. The molecule has 4 rings (SSSR count). The summed E-state index contributed by atoms with van der Waals surface area (Å²) in [6, 6.07) is 13.8. The predicted octanol–water partition coefficient (Wildman–Crippen LogP) is 4.40. The Labute approximate surface area is 148 Å². The van der Waals surface area contributed by atoms with Crippen molar-refractivity contribution in [3.8, 4) is 11.3 Å². The third-order valence-electron chi connectivity index (χ3n) is 4.84. The number of anilines is 1. The van der Waals surface area contributed by atoms with Gasteiger partial charge >= 0.3 is 0 Å². The van der Waals surface area contributed by atoms with Crippen molar-refractivity contribution in [3.63, 3.8) is 0 Å². The number of halogens is 1. The fourth-order valence-electron chi connectivity index (χ4n) is 3.21. The molecule has 1 amide bonds. The first kappa shape index (κ1) is 15.9. The van der Waals surface area contributed by atoms with Gasteiger partial charge in [-0.05, 0) is 54.2 Å². The standard InChI is InChI=1S/C19H16FN3OS/c20-15-6-4-14(5-7-15)19(10-1-11-19)18(24)21-16-8-2-13(3-9-16)17-12-25-23-22-17/h2-9,12H,1,10-11H2,(H,21,24). The lowest BCUT2D eigenvalue weighted by Crippen LogP contribution is -2.46. The average molecular weight is 353 g/mol. The van der Waals surface area contributed by atoms with Crippen LogP contribution in [0, 0.1) is 5.82 Å². The van der Waals surface area contributed by atoms with Gasteiger partial charge in [0.1, 0.15) is 11.5 Å². The van der Waals surface area contributed by atoms with Gasteiger partial charge in [0.2, 0.25) is 5.91 Å². The zero-order valence-corrected chi connectivity index (χ0v) is 14.2. The van der Waals surface area contributed by atoms with Gasteiger partial charge in [-0.1, -0.05) is 35.2 Å². The highest BCUT2D eigenvalue weighted by Gasteiger charge is 2.45. The van der Waals surface area contributed by atoms with Crippen molar-refractivity contribution in [1.29, 1.82) is 0 Å². The average Bonchev–Trinajstić information content (AvgIpc) is 3.11. The number of hydrogen-bond acceptors (Lipinski definition) is 4. The molecule has 1 aliphatic carbocycles. The molecule has 126 valence electrons. The second-order valence-corrected chi connectivity index (χ2v) is 6.87. The van der Waals surface area contributed by atoms with Crippen molar-refractivity contribution >= 4 is 23.1 Å². The highest BCUT2D eigenvalue weighted by molar-refractivity contribution is 7.03. The zero-order valence-electron chi connectivity index (χ0n) is 13.4. The number of hydrogen-bond donors (Lipinski definition) is 1. The molecule has 0 saturated heterocycles. The van der Waals surface area contributed by atoms with Crippen molar-refractivity contribution in [2.45, 2.75) is 24.7 Å². The Hall–Kier alpha value is -2.60. The molecule has 3 aromatic rings. The van der Waals surface area contributed by atoms with Gasteiger partial charge in [0.25, 0.3) is 0 Å². The van der Waals surface area contributed by atoms with E-state index in [1.165, 1.54) is 23.7 Å². The molecule has 1 heterocycles. The van der Waals surface area contributed by atoms with Crippen molar-refractivity contribution in [1.82, 2.24) is 9.59 Å². The summed E-state index contributed by atoms with van der Waals surface area (Å²) in [5, 5.41) is 8.92. The van der Waals surface area contributed by atoms with E-state index in [4.69, 9.17) is 0 Å². The number of aromatic nitrogens is 2. The third-order valence-corrected chi connectivity index (χ3v) is 5.34. The van der Waals surface area contributed by atoms with Crippen LogP contribution in [0.25, 0.3) is 11.3 Å². The Balaban J connectivity index is 1.53. The Morgan fingerprint density at radius 3 is 2.36 bits per heavy atom. The Morgan fingerprint density at radius 1 is 1.08 bits per heavy atom. The smallest absolute Gasteiger partial charge is 0.235 e. The Bertz CT molecular complexity index is 872. The summed E-state index contributed by atoms with van der Waals surface area (Å²) in [6.07, 6.45) is 2.57. The first-order chi connectivity index (χ1) is 12.2. The van der Waals surface area contributed by atoms with Gasteiger partial charge in [-0.3, -0.25) is 4.79 Å². The fraction of sp³-hybridized carbons (Fsp3) is 0.211. The molecule has 1 N–H and O–H groups in total. The minimum absolute atomic E-state index is 0.0339. The monoisotopic (exact) mass is 353 g/mol. The summed E-state index contributed by atoms with van der Waals surface area (Å²) in [5.41, 5.74) is 2.85. The molecule has 0 bridgehead atoms. The van der Waals surface area contributed by atoms with Crippen LogP contribution in [0.4, 0.5) is 10.1 Å². The lowest BCUT2D eigenvalue weighted by Gasteiger charge is -2.40. The zero-order chi connectivity index (χ0) is 17.3. The summed E-state index contributed by atoms with van der Waals surface area (Å²) in [5.74, 6) is -0.320. The summed E-state index contributed by atoms with van der Waals surface area (Å²) in [4.78, 5) is 12.9. The summed E-state index contributed by atoms with van der Waals surface area (Å²) < 4.78 is 17.0. The Morgan fingerprint density at radius 2 is 1.80 bits per heavy atom. The van der Waals surface area contributed by atoms with E-state index in [1.807, 2.05) is 29.6 Å². The Kier molecular flexibility index (Phi) is 4.05. The van der Waals surface area contributed by atoms with Crippen molar-refractivity contribution in [3.05, 3.63) is 65.3 Å². The molecule has 0 unspecified atom stereocenters. The van der Waals surface area contributed by atoms with Crippen LogP contribution in [0.2, 0.25) is 0 Å². The first-order valence-electron chi connectivity index (χ1n) is 8.12. The van der Waals surface area contributed by atoms with Gasteiger partial charge in [0.05, 0.1) is 5.41 Å². The number of benzene rings is 2. The van der Waals surface area contributed by atoms with Crippen LogP contribution in [0.15, 0.2) is 53.9 Å². The molecule has 0 aliphatic heterocycles. The lowest BCUT2D eigenvalue weighted by molar-refractivity contribution is -0.124. The largest absolute Gasteiger partial charge is 0.325 e. The molecule has 0 atom stereocenters. The second-order valence-electron chi connectivity index (χ2n) is 6.26. The van der Waals surface area contributed by atoms with E-state index in [2.05, 4.69) is 14.9 Å². The molecule has 1 saturated carbocycles. The quantitative estimate of drug-likeness (QED) is 0.756. The highest BCUT2D eigenvalue weighted by Crippen LogP contribution is 2.44. The summed E-state index contributed by atoms with van der Waals surface area (Å²) in [6.45, 7) is 0. The predicted molar refractivity (Wildman–Crippen MR) is 95.9 cm³/mol. The summed E-state index contributed by atoms with van der Waals surface area (Å²) >= 11 is 1.30. The van der Waals surface area contributed by atoms with Crippen LogP contribution in [0.3, 0.4) is 0 Å². The molecule has 1 fully saturated rings. The minimum Gasteiger partial charge on any atom is -0.325 e. The van der Waals surface area contributed by atoms with Crippen LogP contribution in [-0.4, -0.2) is 15.5 Å². The molecule has 6 heteroatoms. The number of carbonyl (C=O) groups excluding carboxylic acids is 1. The van der Waals surface area contributed by atoms with Crippen LogP contribution in [0.1, 0.15) is 24.8 Å².